The fraction of sp³-hybridized carbons (Fsp3) is 0.500. The van der Waals surface area contributed by atoms with Crippen molar-refractivity contribution in [3.05, 3.63) is 41.0 Å². The molecule has 1 amide bonds. The van der Waals surface area contributed by atoms with Gasteiger partial charge in [0.2, 0.25) is 0 Å². The second-order valence-electron chi connectivity index (χ2n) is 7.54. The number of hydrogen-bond acceptors (Lipinski definition) is 4. The Morgan fingerprint density at radius 1 is 1.32 bits per heavy atom. The summed E-state index contributed by atoms with van der Waals surface area (Å²) < 4.78 is 0. The molecule has 1 aromatic heterocycles. The summed E-state index contributed by atoms with van der Waals surface area (Å²) in [5.41, 5.74) is 7.75. The van der Waals surface area contributed by atoms with E-state index >= 15 is 0 Å². The average molecular weight is 356 g/mol. The molecule has 4 atom stereocenters. The predicted octanol–water partition coefficient (Wildman–Crippen LogP) is 3.56. The molecule has 4 nitrogen and oxygen atoms in total. The van der Waals surface area contributed by atoms with Crippen LogP contribution in [0.25, 0.3) is 10.4 Å². The van der Waals surface area contributed by atoms with Crippen LogP contribution in [0.1, 0.15) is 35.3 Å². The normalized spacial score (nSPS) is 28.4. The maximum absolute atomic E-state index is 13.4. The molecule has 2 fully saturated rings. The highest BCUT2D eigenvalue weighted by Gasteiger charge is 2.48. The van der Waals surface area contributed by atoms with Crippen LogP contribution in [0.15, 0.2) is 30.3 Å². The van der Waals surface area contributed by atoms with Crippen molar-refractivity contribution >= 4 is 17.2 Å². The van der Waals surface area contributed by atoms with E-state index in [2.05, 4.69) is 11.9 Å². The molecular formula is C20H25N3OS. The fourth-order valence-electron chi connectivity index (χ4n) is 4.77. The monoisotopic (exact) mass is 355 g/mol. The van der Waals surface area contributed by atoms with Gasteiger partial charge in [-0.1, -0.05) is 37.3 Å². The summed E-state index contributed by atoms with van der Waals surface area (Å²) in [6.45, 7) is 5.66. The van der Waals surface area contributed by atoms with Crippen LogP contribution < -0.4 is 5.73 Å². The highest BCUT2D eigenvalue weighted by molar-refractivity contribution is 7.15. The molecular weight excluding hydrogens is 330 g/mol. The minimum atomic E-state index is 0.0562. The zero-order valence-electron chi connectivity index (χ0n) is 14.8. The lowest BCUT2D eigenvalue weighted by Gasteiger charge is -2.27. The molecule has 2 aromatic rings. The van der Waals surface area contributed by atoms with Gasteiger partial charge in [-0.05, 0) is 43.1 Å². The third kappa shape index (κ3) is 2.89. The maximum atomic E-state index is 13.4. The second-order valence-corrected chi connectivity index (χ2v) is 8.74. The Kier molecular flexibility index (Phi) is 4.38. The lowest BCUT2D eigenvalue weighted by molar-refractivity contribution is 0.0710. The number of hydrogen-bond donors (Lipinski definition) is 1. The Labute approximate surface area is 153 Å². The van der Waals surface area contributed by atoms with Gasteiger partial charge in [-0.25, -0.2) is 4.98 Å². The van der Waals surface area contributed by atoms with Gasteiger partial charge in [0.05, 0.1) is 9.88 Å². The van der Waals surface area contributed by atoms with Gasteiger partial charge in [0.1, 0.15) is 5.69 Å². The van der Waals surface area contributed by atoms with Crippen LogP contribution in [0.4, 0.5) is 0 Å². The predicted molar refractivity (Wildman–Crippen MR) is 102 cm³/mol. The van der Waals surface area contributed by atoms with Crippen molar-refractivity contribution in [3.63, 3.8) is 0 Å². The maximum Gasteiger partial charge on any atom is 0.274 e. The number of thiazole rings is 1. The number of amides is 1. The molecule has 0 spiro atoms. The molecule has 0 radical (unpaired) electrons. The number of nitrogens with zero attached hydrogens (tertiary/aromatic N) is 2. The van der Waals surface area contributed by atoms with Crippen LogP contribution in [-0.4, -0.2) is 34.9 Å². The first-order valence-corrected chi connectivity index (χ1v) is 9.94. The van der Waals surface area contributed by atoms with Crippen molar-refractivity contribution in [1.29, 1.82) is 0 Å². The molecule has 5 heteroatoms. The third-order valence-corrected chi connectivity index (χ3v) is 6.81. The Balaban J connectivity index is 1.66. The minimum absolute atomic E-state index is 0.0562. The van der Waals surface area contributed by atoms with E-state index in [0.717, 1.165) is 27.9 Å². The largest absolute Gasteiger partial charge is 0.332 e. The first-order valence-electron chi connectivity index (χ1n) is 9.12. The summed E-state index contributed by atoms with van der Waals surface area (Å²) in [7, 11) is 0. The molecule has 4 rings (SSSR count). The van der Waals surface area contributed by atoms with Crippen LogP contribution in [0.2, 0.25) is 0 Å². The van der Waals surface area contributed by atoms with E-state index in [0.29, 0.717) is 24.1 Å². The van der Waals surface area contributed by atoms with Gasteiger partial charge in [-0.15, -0.1) is 11.3 Å². The number of likely N-dealkylation sites (tertiary alicyclic amines) is 1. The first kappa shape index (κ1) is 16.7. The van der Waals surface area contributed by atoms with Gasteiger partial charge < -0.3 is 10.6 Å². The van der Waals surface area contributed by atoms with E-state index in [1.807, 2.05) is 42.2 Å². The number of benzene rings is 1. The van der Waals surface area contributed by atoms with Crippen molar-refractivity contribution in [3.8, 4) is 10.4 Å². The highest BCUT2D eigenvalue weighted by Crippen LogP contribution is 2.45. The molecule has 132 valence electrons. The molecule has 1 saturated carbocycles. The van der Waals surface area contributed by atoms with Gasteiger partial charge in [0.15, 0.2) is 0 Å². The third-order valence-electron chi connectivity index (χ3n) is 5.79. The molecule has 2 heterocycles. The number of rotatable bonds is 3. The summed E-state index contributed by atoms with van der Waals surface area (Å²) in [6, 6.07) is 10.3. The van der Waals surface area contributed by atoms with Crippen molar-refractivity contribution in [1.82, 2.24) is 9.88 Å². The van der Waals surface area contributed by atoms with Gasteiger partial charge in [-0.2, -0.15) is 0 Å². The van der Waals surface area contributed by atoms with Crippen molar-refractivity contribution < 1.29 is 4.79 Å². The van der Waals surface area contributed by atoms with Crippen LogP contribution >= 0.6 is 11.3 Å². The van der Waals surface area contributed by atoms with Crippen LogP contribution in [-0.2, 0) is 0 Å². The smallest absolute Gasteiger partial charge is 0.274 e. The molecule has 2 N–H and O–H groups in total. The molecule has 2 aliphatic rings. The lowest BCUT2D eigenvalue weighted by Crippen LogP contribution is -2.43. The number of fused-ring (bicyclic) bond motifs is 1. The Hall–Kier alpha value is -1.72. The molecule has 25 heavy (non-hydrogen) atoms. The number of nitrogens with two attached hydrogens (primary N) is 1. The Morgan fingerprint density at radius 2 is 2.08 bits per heavy atom. The summed E-state index contributed by atoms with van der Waals surface area (Å²) >= 11 is 1.60. The zero-order chi connectivity index (χ0) is 17.6. The van der Waals surface area contributed by atoms with E-state index < -0.39 is 0 Å². The number of aryl methyl sites for hydroxylation is 1. The molecule has 1 aliphatic heterocycles. The summed E-state index contributed by atoms with van der Waals surface area (Å²) in [5, 5.41) is 0.930. The molecule has 1 aliphatic carbocycles. The van der Waals surface area contributed by atoms with E-state index in [4.69, 9.17) is 5.73 Å². The minimum Gasteiger partial charge on any atom is -0.332 e. The summed E-state index contributed by atoms with van der Waals surface area (Å²) in [6.07, 6.45) is 2.41. The fourth-order valence-corrected chi connectivity index (χ4v) is 5.69. The van der Waals surface area contributed by atoms with Crippen LogP contribution in [0.5, 0.6) is 0 Å². The first-order chi connectivity index (χ1) is 12.1. The lowest BCUT2D eigenvalue weighted by atomic mass is 9.94. The topological polar surface area (TPSA) is 59.2 Å². The van der Waals surface area contributed by atoms with Gasteiger partial charge >= 0.3 is 0 Å². The van der Waals surface area contributed by atoms with Crippen molar-refractivity contribution in [2.75, 3.05) is 13.1 Å². The van der Waals surface area contributed by atoms with Crippen LogP contribution in [0, 0.1) is 24.7 Å². The van der Waals surface area contributed by atoms with Gasteiger partial charge in [0, 0.05) is 19.1 Å². The average Bonchev–Trinajstić information content (AvgIpc) is 3.26. The Morgan fingerprint density at radius 3 is 2.80 bits per heavy atom. The van der Waals surface area contributed by atoms with Gasteiger partial charge in [0.25, 0.3) is 5.91 Å². The van der Waals surface area contributed by atoms with E-state index in [1.165, 1.54) is 12.8 Å². The quantitative estimate of drug-likeness (QED) is 0.916. The number of carbonyl (C=O) groups is 1. The van der Waals surface area contributed by atoms with Crippen molar-refractivity contribution in [2.24, 2.45) is 23.5 Å². The van der Waals surface area contributed by atoms with Crippen LogP contribution in [0.3, 0.4) is 0 Å². The SMILES string of the molecule is Cc1nc(C(=O)N2C[C@@H]3CC(C)C[C@@H]3[C@H]2CN)c(-c2ccccc2)s1. The molecule has 1 aromatic carbocycles. The Bertz CT molecular complexity index is 773. The standard InChI is InChI=1S/C20H25N3OS/c1-12-8-15-11-23(17(10-21)16(15)9-12)20(24)18-19(25-13(2)22-18)14-6-4-3-5-7-14/h3-7,12,15-17H,8-11,21H2,1-2H3/t12?,15-,16-,17+/m0/s1. The molecule has 1 unspecified atom stereocenters. The van der Waals surface area contributed by atoms with E-state index in [-0.39, 0.29) is 11.9 Å². The molecule has 1 saturated heterocycles. The van der Waals surface area contributed by atoms with Gasteiger partial charge in [-0.3, -0.25) is 4.79 Å². The van der Waals surface area contributed by atoms with Crippen molar-refractivity contribution in [2.45, 2.75) is 32.7 Å². The van der Waals surface area contributed by atoms with E-state index in [1.54, 1.807) is 11.3 Å². The number of carbonyl (C=O) groups excluding carboxylic acids is 1. The summed E-state index contributed by atoms with van der Waals surface area (Å²) in [4.78, 5) is 20.9. The number of aromatic nitrogens is 1. The highest BCUT2D eigenvalue weighted by atomic mass is 32.1. The molecule has 0 bridgehead atoms. The summed E-state index contributed by atoms with van der Waals surface area (Å²) in [5.74, 6) is 1.97. The second kappa shape index (κ2) is 6.54. The van der Waals surface area contributed by atoms with E-state index in [9.17, 15) is 4.79 Å². The zero-order valence-corrected chi connectivity index (χ0v) is 15.6.